The Morgan fingerprint density at radius 1 is 0.952 bits per heavy atom. The summed E-state index contributed by atoms with van der Waals surface area (Å²) in [6, 6.07) is 22.7. The SMILES string of the molecule is COc1ccc(N(CCCC(=O)N(Cc2cccc(Cl)c2)[C@H](Cc2ccccc2)C(=O)NCC(C)C)S(C)(=O)=O)cc1. The zero-order chi connectivity index (χ0) is 30.7. The van der Waals surface area contributed by atoms with E-state index in [2.05, 4.69) is 5.32 Å². The van der Waals surface area contributed by atoms with Crippen molar-refractivity contribution in [1.82, 2.24) is 10.2 Å². The van der Waals surface area contributed by atoms with Crippen molar-refractivity contribution in [2.45, 2.75) is 45.7 Å². The summed E-state index contributed by atoms with van der Waals surface area (Å²) < 4.78 is 31.7. The molecule has 0 unspecified atom stereocenters. The lowest BCUT2D eigenvalue weighted by molar-refractivity contribution is -0.141. The highest BCUT2D eigenvalue weighted by Gasteiger charge is 2.30. The molecule has 0 heterocycles. The number of hydrogen-bond donors (Lipinski definition) is 1. The molecule has 0 aliphatic carbocycles. The van der Waals surface area contributed by atoms with Crippen LogP contribution in [0.2, 0.25) is 5.02 Å². The zero-order valence-electron chi connectivity index (χ0n) is 24.6. The van der Waals surface area contributed by atoms with Crippen LogP contribution in [0, 0.1) is 5.92 Å². The van der Waals surface area contributed by atoms with Crippen LogP contribution in [-0.2, 0) is 32.6 Å². The molecule has 1 N–H and O–H groups in total. The van der Waals surface area contributed by atoms with Crippen molar-refractivity contribution in [1.29, 1.82) is 0 Å². The van der Waals surface area contributed by atoms with E-state index in [1.807, 2.05) is 56.3 Å². The molecule has 2 amide bonds. The molecule has 10 heteroatoms. The van der Waals surface area contributed by atoms with Gasteiger partial charge in [-0.25, -0.2) is 8.42 Å². The average Bonchev–Trinajstić information content (AvgIpc) is 2.95. The Bertz CT molecular complexity index is 1420. The van der Waals surface area contributed by atoms with E-state index in [0.29, 0.717) is 29.4 Å². The molecule has 0 aliphatic heterocycles. The number of amides is 2. The molecule has 0 aromatic heterocycles. The Balaban J connectivity index is 1.87. The minimum Gasteiger partial charge on any atom is -0.497 e. The number of carbonyl (C=O) groups excluding carboxylic acids is 2. The second-order valence-electron chi connectivity index (χ2n) is 10.6. The molecule has 226 valence electrons. The number of rotatable bonds is 15. The molecule has 3 rings (SSSR count). The predicted octanol–water partition coefficient (Wildman–Crippen LogP) is 5.31. The predicted molar refractivity (Wildman–Crippen MR) is 168 cm³/mol. The van der Waals surface area contributed by atoms with Gasteiger partial charge in [0.15, 0.2) is 0 Å². The minimum atomic E-state index is -3.61. The molecule has 0 aliphatic rings. The van der Waals surface area contributed by atoms with Crippen LogP contribution in [-0.4, -0.2) is 57.6 Å². The second-order valence-corrected chi connectivity index (χ2v) is 13.0. The van der Waals surface area contributed by atoms with Gasteiger partial charge in [0.25, 0.3) is 0 Å². The van der Waals surface area contributed by atoms with Crippen LogP contribution in [0.25, 0.3) is 0 Å². The summed E-state index contributed by atoms with van der Waals surface area (Å²) in [4.78, 5) is 29.1. The molecular formula is C32H40ClN3O5S. The topological polar surface area (TPSA) is 96.0 Å². The van der Waals surface area contributed by atoms with Gasteiger partial charge >= 0.3 is 0 Å². The molecular weight excluding hydrogens is 574 g/mol. The normalized spacial score (nSPS) is 12.0. The molecule has 8 nitrogen and oxygen atoms in total. The monoisotopic (exact) mass is 613 g/mol. The summed E-state index contributed by atoms with van der Waals surface area (Å²) in [5.74, 6) is 0.361. The highest BCUT2D eigenvalue weighted by Crippen LogP contribution is 2.23. The summed E-state index contributed by atoms with van der Waals surface area (Å²) in [5, 5.41) is 3.54. The third-order valence-corrected chi connectivity index (χ3v) is 8.14. The number of benzene rings is 3. The standard InChI is InChI=1S/C32H40ClN3O5S/c1-24(2)22-34-32(38)30(21-25-10-6-5-7-11-25)35(23-26-12-8-13-27(33)20-26)31(37)14-9-19-36(42(4,39)40)28-15-17-29(41-3)18-16-28/h5-8,10-13,15-18,20,24,30H,9,14,19,21-23H2,1-4H3,(H,34,38)/t30-/m1/s1. The maximum absolute atomic E-state index is 13.9. The average molecular weight is 614 g/mol. The number of anilines is 1. The van der Waals surface area contributed by atoms with Crippen LogP contribution in [0.3, 0.4) is 0 Å². The van der Waals surface area contributed by atoms with E-state index in [9.17, 15) is 18.0 Å². The quantitative estimate of drug-likeness (QED) is 0.251. The van der Waals surface area contributed by atoms with E-state index in [1.165, 1.54) is 11.4 Å². The number of hydrogen-bond acceptors (Lipinski definition) is 5. The first-order valence-corrected chi connectivity index (χ1v) is 16.2. The lowest BCUT2D eigenvalue weighted by Gasteiger charge is -2.32. The van der Waals surface area contributed by atoms with Crippen LogP contribution < -0.4 is 14.4 Å². The van der Waals surface area contributed by atoms with Crippen LogP contribution in [0.15, 0.2) is 78.9 Å². The first kappa shape index (κ1) is 32.9. The van der Waals surface area contributed by atoms with Crippen molar-refractivity contribution >= 4 is 39.1 Å². The van der Waals surface area contributed by atoms with E-state index < -0.39 is 16.1 Å². The van der Waals surface area contributed by atoms with Gasteiger partial charge < -0.3 is 15.0 Å². The van der Waals surface area contributed by atoms with Crippen molar-refractivity contribution in [2.75, 3.05) is 30.8 Å². The fourth-order valence-corrected chi connectivity index (χ4v) is 5.74. The number of halogens is 1. The van der Waals surface area contributed by atoms with Gasteiger partial charge in [0, 0.05) is 37.5 Å². The van der Waals surface area contributed by atoms with Crippen LogP contribution in [0.5, 0.6) is 5.75 Å². The summed E-state index contributed by atoms with van der Waals surface area (Å²) in [7, 11) is -2.07. The largest absolute Gasteiger partial charge is 0.497 e. The molecule has 0 saturated heterocycles. The number of ether oxygens (including phenoxy) is 1. The van der Waals surface area contributed by atoms with Crippen LogP contribution in [0.4, 0.5) is 5.69 Å². The van der Waals surface area contributed by atoms with Crippen molar-refractivity contribution in [3.63, 3.8) is 0 Å². The van der Waals surface area contributed by atoms with Gasteiger partial charge in [0.2, 0.25) is 21.8 Å². The molecule has 1 atom stereocenters. The molecule has 3 aromatic carbocycles. The van der Waals surface area contributed by atoms with Gasteiger partial charge in [-0.05, 0) is 59.9 Å². The summed E-state index contributed by atoms with van der Waals surface area (Å²) in [6.45, 7) is 4.79. The third kappa shape index (κ3) is 10.1. The first-order chi connectivity index (χ1) is 20.0. The van der Waals surface area contributed by atoms with Gasteiger partial charge in [0.05, 0.1) is 19.1 Å². The molecule has 42 heavy (non-hydrogen) atoms. The molecule has 3 aromatic rings. The summed E-state index contributed by atoms with van der Waals surface area (Å²) in [5.41, 5.74) is 2.20. The highest BCUT2D eigenvalue weighted by atomic mass is 35.5. The van der Waals surface area contributed by atoms with Crippen LogP contribution >= 0.6 is 11.6 Å². The molecule has 0 spiro atoms. The van der Waals surface area contributed by atoms with Crippen molar-refractivity contribution in [3.8, 4) is 5.75 Å². The van der Waals surface area contributed by atoms with E-state index >= 15 is 0 Å². The number of carbonyl (C=O) groups is 2. The van der Waals surface area contributed by atoms with Gasteiger partial charge in [-0.3, -0.25) is 13.9 Å². The summed E-state index contributed by atoms with van der Waals surface area (Å²) in [6.07, 6.45) is 1.78. The second kappa shape index (κ2) is 15.6. The maximum atomic E-state index is 13.9. The first-order valence-electron chi connectivity index (χ1n) is 13.9. The Morgan fingerprint density at radius 3 is 2.21 bits per heavy atom. The Kier molecular flexibility index (Phi) is 12.2. The van der Waals surface area contributed by atoms with Crippen molar-refractivity contribution < 1.29 is 22.7 Å². The Hall–Kier alpha value is -3.56. The zero-order valence-corrected chi connectivity index (χ0v) is 26.2. The van der Waals surface area contributed by atoms with Crippen LogP contribution in [0.1, 0.15) is 37.8 Å². The molecule has 0 bridgehead atoms. The number of methoxy groups -OCH3 is 1. The summed E-state index contributed by atoms with van der Waals surface area (Å²) >= 11 is 6.25. The van der Waals surface area contributed by atoms with Gasteiger partial charge in [-0.1, -0.05) is 67.9 Å². The fourth-order valence-electron chi connectivity index (χ4n) is 4.56. The van der Waals surface area contributed by atoms with Gasteiger partial charge in [-0.15, -0.1) is 0 Å². The van der Waals surface area contributed by atoms with Crippen molar-refractivity contribution in [3.05, 3.63) is 95.0 Å². The lowest BCUT2D eigenvalue weighted by atomic mass is 10.0. The van der Waals surface area contributed by atoms with E-state index in [-0.39, 0.29) is 43.7 Å². The molecule has 0 radical (unpaired) electrons. The maximum Gasteiger partial charge on any atom is 0.243 e. The number of nitrogens with one attached hydrogen (secondary N) is 1. The van der Waals surface area contributed by atoms with Crippen molar-refractivity contribution in [2.24, 2.45) is 5.92 Å². The number of sulfonamides is 1. The third-order valence-electron chi connectivity index (χ3n) is 6.71. The lowest BCUT2D eigenvalue weighted by Crippen LogP contribution is -2.51. The minimum absolute atomic E-state index is 0.0471. The van der Waals surface area contributed by atoms with E-state index in [1.54, 1.807) is 41.3 Å². The molecule has 0 fully saturated rings. The number of nitrogens with zero attached hydrogens (tertiary/aromatic N) is 2. The van der Waals surface area contributed by atoms with E-state index in [0.717, 1.165) is 17.4 Å². The Morgan fingerprint density at radius 2 is 1.62 bits per heavy atom. The van der Waals surface area contributed by atoms with Gasteiger partial charge in [-0.2, -0.15) is 0 Å². The fraction of sp³-hybridized carbons (Fsp3) is 0.375. The smallest absolute Gasteiger partial charge is 0.243 e. The van der Waals surface area contributed by atoms with E-state index in [4.69, 9.17) is 16.3 Å². The van der Waals surface area contributed by atoms with Gasteiger partial charge in [0.1, 0.15) is 11.8 Å². The highest BCUT2D eigenvalue weighted by molar-refractivity contribution is 7.92. The Labute approximate surface area is 254 Å². The molecule has 0 saturated carbocycles.